The van der Waals surface area contributed by atoms with Gasteiger partial charge in [-0.05, 0) is 26.0 Å². The molecule has 3 N–H and O–H groups in total. The van der Waals surface area contributed by atoms with Crippen LogP contribution >= 0.6 is 12.2 Å². The van der Waals surface area contributed by atoms with Crippen molar-refractivity contribution in [3.63, 3.8) is 0 Å². The number of thiocarbonyl (C=S) groups is 1. The Bertz CT molecular complexity index is 480. The van der Waals surface area contributed by atoms with Crippen LogP contribution in [0.1, 0.15) is 12.5 Å². The molecule has 0 amide bonds. The van der Waals surface area contributed by atoms with Crippen molar-refractivity contribution in [2.75, 3.05) is 4.72 Å². The van der Waals surface area contributed by atoms with E-state index in [1.54, 1.807) is 12.1 Å². The van der Waals surface area contributed by atoms with Crippen molar-refractivity contribution in [3.8, 4) is 0 Å². The third kappa shape index (κ3) is 3.18. The van der Waals surface area contributed by atoms with Gasteiger partial charge in [-0.15, -0.1) is 0 Å². The fraction of sp³-hybridized carbons (Fsp3) is 0.300. The lowest BCUT2D eigenvalue weighted by Crippen LogP contribution is -2.35. The summed E-state index contributed by atoms with van der Waals surface area (Å²) < 4.78 is 25.9. The summed E-state index contributed by atoms with van der Waals surface area (Å²) >= 11 is 4.66. The molecule has 0 bridgehead atoms. The summed E-state index contributed by atoms with van der Waals surface area (Å²) in [4.78, 5) is -0.0420. The summed E-state index contributed by atoms with van der Waals surface area (Å²) in [6.45, 7) is 3.38. The number of hydrogen-bond donors (Lipinski definition) is 2. The third-order valence-corrected chi connectivity index (χ3v) is 4.39. The highest BCUT2D eigenvalue weighted by Gasteiger charge is 2.22. The monoisotopic (exact) mass is 258 g/mol. The molecule has 16 heavy (non-hydrogen) atoms. The molecule has 0 fully saturated rings. The van der Waals surface area contributed by atoms with E-state index in [4.69, 9.17) is 5.73 Å². The van der Waals surface area contributed by atoms with Crippen LogP contribution in [0.5, 0.6) is 0 Å². The number of sulfonamides is 1. The van der Waals surface area contributed by atoms with Gasteiger partial charge in [0.25, 0.3) is 0 Å². The molecule has 1 unspecified atom stereocenters. The highest BCUT2D eigenvalue weighted by Crippen LogP contribution is 2.13. The molecule has 0 saturated heterocycles. The first kappa shape index (κ1) is 12.9. The molecule has 88 valence electrons. The first-order chi connectivity index (χ1) is 7.33. The van der Waals surface area contributed by atoms with Gasteiger partial charge in [-0.1, -0.05) is 29.9 Å². The van der Waals surface area contributed by atoms with Gasteiger partial charge in [-0.3, -0.25) is 4.72 Å². The number of benzene rings is 1. The van der Waals surface area contributed by atoms with E-state index < -0.39 is 15.3 Å². The summed E-state index contributed by atoms with van der Waals surface area (Å²) in [6, 6.07) is 7.03. The molecule has 1 aromatic carbocycles. The lowest BCUT2D eigenvalue weighted by atomic mass is 10.2. The predicted molar refractivity (Wildman–Crippen MR) is 70.0 cm³/mol. The van der Waals surface area contributed by atoms with Crippen LogP contribution in [0.25, 0.3) is 0 Å². The van der Waals surface area contributed by atoms with Crippen molar-refractivity contribution in [1.82, 2.24) is 0 Å². The molecule has 0 aliphatic heterocycles. The van der Waals surface area contributed by atoms with Crippen LogP contribution in [-0.2, 0) is 10.0 Å². The Kier molecular flexibility index (Phi) is 3.88. The van der Waals surface area contributed by atoms with Gasteiger partial charge >= 0.3 is 0 Å². The maximum absolute atomic E-state index is 11.7. The summed E-state index contributed by atoms with van der Waals surface area (Å²) in [6.07, 6.45) is 0. The molecular formula is C10H14N2O2S2. The van der Waals surface area contributed by atoms with Crippen LogP contribution in [0.4, 0.5) is 5.69 Å². The molecule has 1 rings (SSSR count). The van der Waals surface area contributed by atoms with Crippen molar-refractivity contribution in [2.45, 2.75) is 19.1 Å². The van der Waals surface area contributed by atoms with E-state index in [1.165, 1.54) is 6.92 Å². The third-order valence-electron chi connectivity index (χ3n) is 2.18. The predicted octanol–water partition coefficient (Wildman–Crippen LogP) is 1.41. The number of anilines is 1. The molecular weight excluding hydrogens is 244 g/mol. The molecule has 0 aromatic heterocycles. The Balaban J connectivity index is 2.89. The van der Waals surface area contributed by atoms with E-state index >= 15 is 0 Å². The minimum absolute atomic E-state index is 0.0420. The Labute approximate surface area is 101 Å². The quantitative estimate of drug-likeness (QED) is 0.801. The molecule has 0 aliphatic rings. The highest BCUT2D eigenvalue weighted by molar-refractivity contribution is 7.95. The van der Waals surface area contributed by atoms with Gasteiger partial charge in [0.15, 0.2) is 0 Å². The molecule has 0 saturated carbocycles. The molecule has 1 atom stereocenters. The van der Waals surface area contributed by atoms with Crippen LogP contribution < -0.4 is 10.5 Å². The van der Waals surface area contributed by atoms with E-state index in [1.807, 2.05) is 19.1 Å². The fourth-order valence-electron chi connectivity index (χ4n) is 1.03. The van der Waals surface area contributed by atoms with Gasteiger partial charge in [0.1, 0.15) is 5.25 Å². The van der Waals surface area contributed by atoms with Gasteiger partial charge in [-0.2, -0.15) is 0 Å². The second kappa shape index (κ2) is 4.80. The molecule has 0 heterocycles. The average molecular weight is 258 g/mol. The van der Waals surface area contributed by atoms with Gasteiger partial charge in [0, 0.05) is 5.69 Å². The lowest BCUT2D eigenvalue weighted by molar-refractivity contribution is 0.598. The van der Waals surface area contributed by atoms with Crippen molar-refractivity contribution >= 4 is 32.9 Å². The SMILES string of the molecule is Cc1ccc(NS(=O)(=O)C(C)C(N)=S)cc1. The van der Waals surface area contributed by atoms with Crippen molar-refractivity contribution < 1.29 is 8.42 Å². The van der Waals surface area contributed by atoms with Crippen LogP contribution in [-0.4, -0.2) is 18.7 Å². The number of aryl methyl sites for hydroxylation is 1. The summed E-state index contributed by atoms with van der Waals surface area (Å²) in [5.74, 6) is 0. The zero-order valence-corrected chi connectivity index (χ0v) is 10.7. The van der Waals surface area contributed by atoms with Gasteiger partial charge in [0.05, 0.1) is 4.99 Å². The molecule has 0 radical (unpaired) electrons. The molecule has 0 spiro atoms. The van der Waals surface area contributed by atoms with E-state index in [0.717, 1.165) is 5.56 Å². The Morgan fingerprint density at radius 3 is 2.31 bits per heavy atom. The minimum atomic E-state index is -3.54. The van der Waals surface area contributed by atoms with Crippen molar-refractivity contribution in [1.29, 1.82) is 0 Å². The molecule has 4 nitrogen and oxygen atoms in total. The second-order valence-corrected chi connectivity index (χ2v) is 6.03. The number of hydrogen-bond acceptors (Lipinski definition) is 3. The van der Waals surface area contributed by atoms with E-state index in [-0.39, 0.29) is 4.99 Å². The Hall–Kier alpha value is -1.14. The number of rotatable bonds is 4. The van der Waals surface area contributed by atoms with E-state index in [2.05, 4.69) is 16.9 Å². The minimum Gasteiger partial charge on any atom is -0.392 e. The topological polar surface area (TPSA) is 72.2 Å². The van der Waals surface area contributed by atoms with Crippen LogP contribution in [0.3, 0.4) is 0 Å². The average Bonchev–Trinajstić information content (AvgIpc) is 2.20. The largest absolute Gasteiger partial charge is 0.392 e. The first-order valence-electron chi connectivity index (χ1n) is 4.70. The standard InChI is InChI=1S/C10H14N2O2S2/c1-7-3-5-9(6-4-7)12-16(13,14)8(2)10(11)15/h3-6,8,12H,1-2H3,(H2,11,15). The van der Waals surface area contributed by atoms with Crippen LogP contribution in [0.15, 0.2) is 24.3 Å². The van der Waals surface area contributed by atoms with E-state index in [9.17, 15) is 8.42 Å². The van der Waals surface area contributed by atoms with Gasteiger partial charge in [-0.25, -0.2) is 8.42 Å². The summed E-state index contributed by atoms with van der Waals surface area (Å²) in [5, 5.41) is -0.885. The van der Waals surface area contributed by atoms with Gasteiger partial charge < -0.3 is 5.73 Å². The smallest absolute Gasteiger partial charge is 0.241 e. The van der Waals surface area contributed by atoms with Crippen molar-refractivity contribution in [2.24, 2.45) is 5.73 Å². The highest BCUT2D eigenvalue weighted by atomic mass is 32.2. The lowest BCUT2D eigenvalue weighted by Gasteiger charge is -2.13. The normalized spacial score (nSPS) is 13.1. The summed E-state index contributed by atoms with van der Waals surface area (Å²) in [7, 11) is -3.54. The summed E-state index contributed by atoms with van der Waals surface area (Å²) in [5.41, 5.74) is 6.88. The van der Waals surface area contributed by atoms with Crippen LogP contribution in [0.2, 0.25) is 0 Å². The number of nitrogens with one attached hydrogen (secondary N) is 1. The maximum atomic E-state index is 11.7. The maximum Gasteiger partial charge on any atom is 0.241 e. The second-order valence-electron chi connectivity index (χ2n) is 3.56. The first-order valence-corrected chi connectivity index (χ1v) is 6.66. The molecule has 6 heteroatoms. The fourth-order valence-corrected chi connectivity index (χ4v) is 2.35. The molecule has 1 aromatic rings. The Morgan fingerprint density at radius 2 is 1.88 bits per heavy atom. The van der Waals surface area contributed by atoms with Crippen LogP contribution in [0, 0.1) is 6.92 Å². The van der Waals surface area contributed by atoms with Gasteiger partial charge in [0.2, 0.25) is 10.0 Å². The zero-order valence-electron chi connectivity index (χ0n) is 9.10. The van der Waals surface area contributed by atoms with E-state index in [0.29, 0.717) is 5.69 Å². The Morgan fingerprint density at radius 1 is 1.38 bits per heavy atom. The zero-order chi connectivity index (χ0) is 12.3. The van der Waals surface area contributed by atoms with Crippen molar-refractivity contribution in [3.05, 3.63) is 29.8 Å². The molecule has 0 aliphatic carbocycles. The number of nitrogens with two attached hydrogens (primary N) is 1.